The van der Waals surface area contributed by atoms with Crippen LogP contribution in [0, 0.1) is 0 Å². The molecule has 17 heavy (non-hydrogen) atoms. The van der Waals surface area contributed by atoms with Crippen LogP contribution in [0.4, 0.5) is 0 Å². The van der Waals surface area contributed by atoms with Crippen molar-refractivity contribution >= 4 is 34.7 Å². The van der Waals surface area contributed by atoms with Crippen LogP contribution in [0.1, 0.15) is 6.92 Å². The van der Waals surface area contributed by atoms with Gasteiger partial charge in [-0.25, -0.2) is 0 Å². The molecule has 0 aliphatic rings. The summed E-state index contributed by atoms with van der Waals surface area (Å²) in [6, 6.07) is 6.47. The lowest BCUT2D eigenvalue weighted by Gasteiger charge is -2.12. The van der Waals surface area contributed by atoms with Crippen molar-refractivity contribution in [2.24, 2.45) is 5.73 Å². The van der Waals surface area contributed by atoms with E-state index in [-0.39, 0.29) is 23.5 Å². The Hall–Kier alpha value is -1.33. The van der Waals surface area contributed by atoms with Crippen molar-refractivity contribution in [1.82, 2.24) is 5.32 Å². The van der Waals surface area contributed by atoms with E-state index in [2.05, 4.69) is 5.32 Å². The molecule has 1 aromatic rings. The van der Waals surface area contributed by atoms with E-state index < -0.39 is 0 Å². The predicted molar refractivity (Wildman–Crippen MR) is 71.3 cm³/mol. The Kier molecular flexibility index (Phi) is 5.18. The molecule has 0 bridgehead atoms. The topological polar surface area (TPSA) is 64.3 Å². The smallest absolute Gasteiger partial charge is 0.258 e. The van der Waals surface area contributed by atoms with Crippen LogP contribution in [0.2, 0.25) is 5.02 Å². The number of rotatable bonds is 5. The molecule has 0 heterocycles. The average Bonchev–Trinajstić information content (AvgIpc) is 2.26. The van der Waals surface area contributed by atoms with Gasteiger partial charge in [0.25, 0.3) is 5.91 Å². The third kappa shape index (κ3) is 5.01. The molecule has 1 unspecified atom stereocenters. The summed E-state index contributed by atoms with van der Waals surface area (Å²) in [4.78, 5) is 11.7. The first-order valence-electron chi connectivity index (χ1n) is 4.96. The highest BCUT2D eigenvalue weighted by Crippen LogP contribution is 2.16. The molecule has 1 aromatic carbocycles. The summed E-state index contributed by atoms with van der Waals surface area (Å²) in [7, 11) is 0. The molecule has 4 nitrogen and oxygen atoms in total. The summed E-state index contributed by atoms with van der Waals surface area (Å²) in [5.41, 5.74) is 5.37. The van der Waals surface area contributed by atoms with Crippen molar-refractivity contribution in [2.75, 3.05) is 6.61 Å². The van der Waals surface area contributed by atoms with Crippen LogP contribution in [-0.2, 0) is 4.79 Å². The zero-order valence-corrected chi connectivity index (χ0v) is 10.8. The zero-order chi connectivity index (χ0) is 12.8. The molecule has 0 saturated heterocycles. The van der Waals surface area contributed by atoms with Gasteiger partial charge in [-0.05, 0) is 25.1 Å². The number of benzene rings is 1. The van der Waals surface area contributed by atoms with Gasteiger partial charge in [0.05, 0.1) is 11.0 Å². The number of thiocarbonyl (C=S) groups is 1. The summed E-state index contributed by atoms with van der Waals surface area (Å²) in [6.07, 6.45) is 0. The van der Waals surface area contributed by atoms with Gasteiger partial charge in [-0.3, -0.25) is 4.79 Å². The molecule has 1 amide bonds. The van der Waals surface area contributed by atoms with Gasteiger partial charge < -0.3 is 15.8 Å². The first-order valence-corrected chi connectivity index (χ1v) is 5.74. The highest BCUT2D eigenvalue weighted by Gasteiger charge is 2.09. The number of amides is 1. The van der Waals surface area contributed by atoms with Gasteiger partial charge in [0, 0.05) is 5.02 Å². The Morgan fingerprint density at radius 2 is 2.35 bits per heavy atom. The lowest BCUT2D eigenvalue weighted by molar-refractivity contribution is -0.123. The van der Waals surface area contributed by atoms with Crippen LogP contribution in [0.5, 0.6) is 5.75 Å². The molecule has 0 aliphatic carbocycles. The monoisotopic (exact) mass is 272 g/mol. The Balaban J connectivity index is 2.41. The fraction of sp³-hybridized carbons (Fsp3) is 0.273. The average molecular weight is 273 g/mol. The largest absolute Gasteiger partial charge is 0.484 e. The highest BCUT2D eigenvalue weighted by molar-refractivity contribution is 7.80. The molecule has 0 fully saturated rings. The third-order valence-corrected chi connectivity index (χ3v) is 2.56. The molecule has 1 rings (SSSR count). The number of carbonyl (C=O) groups is 1. The fourth-order valence-electron chi connectivity index (χ4n) is 1.06. The van der Waals surface area contributed by atoms with Crippen molar-refractivity contribution in [3.8, 4) is 5.75 Å². The molecule has 92 valence electrons. The Bertz CT molecular complexity index is 426. The molecule has 0 spiro atoms. The maximum Gasteiger partial charge on any atom is 0.258 e. The molecule has 1 atom stereocenters. The molecule has 0 saturated carbocycles. The quantitative estimate of drug-likeness (QED) is 0.798. The summed E-state index contributed by atoms with van der Waals surface area (Å²) >= 11 is 10.5. The maximum absolute atomic E-state index is 11.4. The van der Waals surface area contributed by atoms with E-state index in [9.17, 15) is 4.79 Å². The Labute approximate surface area is 110 Å². The second-order valence-corrected chi connectivity index (χ2v) is 4.35. The lowest BCUT2D eigenvalue weighted by Crippen LogP contribution is -2.43. The van der Waals surface area contributed by atoms with Crippen molar-refractivity contribution in [3.63, 3.8) is 0 Å². The summed E-state index contributed by atoms with van der Waals surface area (Å²) in [6.45, 7) is 1.60. The maximum atomic E-state index is 11.4. The van der Waals surface area contributed by atoms with E-state index in [4.69, 9.17) is 34.3 Å². The number of hydrogen-bond acceptors (Lipinski definition) is 3. The number of nitrogens with two attached hydrogens (primary N) is 1. The first kappa shape index (κ1) is 13.7. The minimum atomic E-state index is -0.347. The summed E-state index contributed by atoms with van der Waals surface area (Å²) in [5, 5.41) is 3.16. The SMILES string of the molecule is CC(NC(=O)COc1cccc(Cl)c1)C(N)=S. The standard InChI is InChI=1S/C11H13ClN2O2S/c1-7(11(13)17)14-10(15)6-16-9-4-2-3-8(12)5-9/h2-5,7H,6H2,1H3,(H2,13,17)(H,14,15). The third-order valence-electron chi connectivity index (χ3n) is 1.97. The number of halogens is 1. The van der Waals surface area contributed by atoms with E-state index in [1.807, 2.05) is 0 Å². The second-order valence-electron chi connectivity index (χ2n) is 3.44. The van der Waals surface area contributed by atoms with Crippen LogP contribution in [0.3, 0.4) is 0 Å². The molecule has 0 aromatic heterocycles. The van der Waals surface area contributed by atoms with E-state index in [1.54, 1.807) is 31.2 Å². The van der Waals surface area contributed by atoms with Gasteiger partial charge >= 0.3 is 0 Å². The molecular weight excluding hydrogens is 260 g/mol. The number of carbonyl (C=O) groups excluding carboxylic acids is 1. The Morgan fingerprint density at radius 1 is 1.65 bits per heavy atom. The fourth-order valence-corrected chi connectivity index (χ4v) is 1.30. The van der Waals surface area contributed by atoms with Crippen LogP contribution < -0.4 is 15.8 Å². The van der Waals surface area contributed by atoms with Crippen molar-refractivity contribution in [3.05, 3.63) is 29.3 Å². The molecular formula is C11H13ClN2O2S. The minimum Gasteiger partial charge on any atom is -0.484 e. The number of ether oxygens (including phenoxy) is 1. The van der Waals surface area contributed by atoms with E-state index in [1.165, 1.54) is 0 Å². The van der Waals surface area contributed by atoms with Gasteiger partial charge in [-0.15, -0.1) is 0 Å². The van der Waals surface area contributed by atoms with E-state index in [0.29, 0.717) is 10.8 Å². The Morgan fingerprint density at radius 3 is 2.94 bits per heavy atom. The van der Waals surface area contributed by atoms with Gasteiger partial charge in [0.2, 0.25) is 0 Å². The lowest BCUT2D eigenvalue weighted by atomic mass is 10.3. The van der Waals surface area contributed by atoms with Crippen molar-refractivity contribution in [2.45, 2.75) is 13.0 Å². The summed E-state index contributed by atoms with van der Waals surface area (Å²) < 4.78 is 5.25. The van der Waals surface area contributed by atoms with Gasteiger partial charge in [-0.2, -0.15) is 0 Å². The van der Waals surface area contributed by atoms with Crippen LogP contribution in [0.25, 0.3) is 0 Å². The molecule has 0 radical (unpaired) electrons. The first-order chi connectivity index (χ1) is 7.99. The van der Waals surface area contributed by atoms with Gasteiger partial charge in [-0.1, -0.05) is 29.9 Å². The minimum absolute atomic E-state index is 0.104. The second kappa shape index (κ2) is 6.42. The summed E-state index contributed by atoms with van der Waals surface area (Å²) in [5.74, 6) is 0.251. The zero-order valence-electron chi connectivity index (χ0n) is 9.27. The van der Waals surface area contributed by atoms with Crippen molar-refractivity contribution in [1.29, 1.82) is 0 Å². The van der Waals surface area contributed by atoms with Gasteiger partial charge in [0.1, 0.15) is 5.75 Å². The molecule has 3 N–H and O–H groups in total. The number of hydrogen-bond donors (Lipinski definition) is 2. The van der Waals surface area contributed by atoms with Crippen LogP contribution in [-0.4, -0.2) is 23.5 Å². The van der Waals surface area contributed by atoms with E-state index in [0.717, 1.165) is 0 Å². The normalized spacial score (nSPS) is 11.6. The van der Waals surface area contributed by atoms with E-state index >= 15 is 0 Å². The molecule has 6 heteroatoms. The van der Waals surface area contributed by atoms with Gasteiger partial charge in [0.15, 0.2) is 6.61 Å². The van der Waals surface area contributed by atoms with Crippen LogP contribution >= 0.6 is 23.8 Å². The van der Waals surface area contributed by atoms with Crippen molar-refractivity contribution < 1.29 is 9.53 Å². The predicted octanol–water partition coefficient (Wildman–Crippen LogP) is 1.51. The van der Waals surface area contributed by atoms with Crippen LogP contribution in [0.15, 0.2) is 24.3 Å². The number of nitrogens with one attached hydrogen (secondary N) is 1. The highest BCUT2D eigenvalue weighted by atomic mass is 35.5. The molecule has 0 aliphatic heterocycles.